The summed E-state index contributed by atoms with van der Waals surface area (Å²) in [6.45, 7) is 1.02. The van der Waals surface area contributed by atoms with E-state index in [0.29, 0.717) is 22.4 Å². The van der Waals surface area contributed by atoms with Gasteiger partial charge in [0.2, 0.25) is 12.1 Å². The lowest BCUT2D eigenvalue weighted by Gasteiger charge is -2.13. The molecule has 0 amide bonds. The highest BCUT2D eigenvalue weighted by molar-refractivity contribution is 5.36. The van der Waals surface area contributed by atoms with Crippen LogP contribution in [0, 0.1) is 11.3 Å². The Kier molecular flexibility index (Phi) is 4.46. The van der Waals surface area contributed by atoms with Crippen molar-refractivity contribution in [2.24, 2.45) is 0 Å². The second-order valence-electron chi connectivity index (χ2n) is 4.51. The summed E-state index contributed by atoms with van der Waals surface area (Å²) in [6, 6.07) is 5.91. The van der Waals surface area contributed by atoms with Crippen LogP contribution in [0.4, 0.5) is 14.7 Å². The molecule has 0 saturated carbocycles. The standard InChI is InChI=1S/C14H14F2N5O/c1-2-11-10(7-17)8-18-13(20-11)19-9-14(15,16)12-5-3-4-6-21(12)22/h3-6,8,22H,2,9H2,1H3,(H,18,19,20)/q+1. The largest absolute Gasteiger partial charge is 0.351 e. The molecular weight excluding hydrogens is 292 g/mol. The lowest BCUT2D eigenvalue weighted by atomic mass is 10.2. The summed E-state index contributed by atoms with van der Waals surface area (Å²) in [7, 11) is 0. The van der Waals surface area contributed by atoms with Gasteiger partial charge in [-0.2, -0.15) is 14.0 Å². The molecule has 6 nitrogen and oxygen atoms in total. The highest BCUT2D eigenvalue weighted by atomic mass is 19.3. The lowest BCUT2D eigenvalue weighted by molar-refractivity contribution is -0.913. The van der Waals surface area contributed by atoms with Crippen molar-refractivity contribution in [3.63, 3.8) is 0 Å². The molecule has 2 rings (SSSR count). The monoisotopic (exact) mass is 306 g/mol. The number of nitrogens with one attached hydrogen (secondary N) is 1. The number of nitrogens with zero attached hydrogens (tertiary/aromatic N) is 4. The van der Waals surface area contributed by atoms with E-state index in [-0.39, 0.29) is 5.95 Å². The van der Waals surface area contributed by atoms with Gasteiger partial charge in [0.05, 0.1) is 24.0 Å². The number of pyridine rings is 1. The molecule has 0 spiro atoms. The Morgan fingerprint density at radius 3 is 2.86 bits per heavy atom. The molecule has 0 aliphatic rings. The Morgan fingerprint density at radius 2 is 2.23 bits per heavy atom. The maximum Gasteiger partial charge on any atom is 0.351 e. The van der Waals surface area contributed by atoms with Gasteiger partial charge in [-0.25, -0.2) is 9.97 Å². The van der Waals surface area contributed by atoms with Crippen LogP contribution in [0.25, 0.3) is 0 Å². The fourth-order valence-electron chi connectivity index (χ4n) is 1.87. The quantitative estimate of drug-likeness (QED) is 0.648. The number of aromatic nitrogens is 3. The van der Waals surface area contributed by atoms with E-state index in [1.54, 1.807) is 6.92 Å². The first kappa shape index (κ1) is 15.6. The van der Waals surface area contributed by atoms with E-state index in [1.807, 2.05) is 6.07 Å². The summed E-state index contributed by atoms with van der Waals surface area (Å²) in [5.41, 5.74) is 0.253. The van der Waals surface area contributed by atoms with Crippen LogP contribution in [0.15, 0.2) is 30.6 Å². The second-order valence-corrected chi connectivity index (χ2v) is 4.51. The molecule has 0 aliphatic heterocycles. The second kappa shape index (κ2) is 6.30. The van der Waals surface area contributed by atoms with Crippen LogP contribution in [-0.2, 0) is 12.3 Å². The minimum absolute atomic E-state index is 0.0101. The van der Waals surface area contributed by atoms with Gasteiger partial charge in [-0.1, -0.05) is 6.92 Å². The number of anilines is 1. The zero-order valence-electron chi connectivity index (χ0n) is 11.8. The van der Waals surface area contributed by atoms with Crippen molar-refractivity contribution in [3.05, 3.63) is 47.5 Å². The Balaban J connectivity index is 2.16. The molecule has 0 atom stereocenters. The van der Waals surface area contributed by atoms with Crippen molar-refractivity contribution in [1.29, 1.82) is 5.26 Å². The molecule has 0 aliphatic carbocycles. The van der Waals surface area contributed by atoms with E-state index in [1.165, 1.54) is 18.3 Å². The summed E-state index contributed by atoms with van der Waals surface area (Å²) < 4.78 is 28.5. The van der Waals surface area contributed by atoms with Crippen LogP contribution in [0.5, 0.6) is 0 Å². The van der Waals surface area contributed by atoms with E-state index in [2.05, 4.69) is 15.3 Å². The number of hydrogen-bond acceptors (Lipinski definition) is 5. The van der Waals surface area contributed by atoms with Gasteiger partial charge in [0, 0.05) is 16.9 Å². The van der Waals surface area contributed by atoms with Gasteiger partial charge in [-0.3, -0.25) is 5.21 Å². The summed E-state index contributed by atoms with van der Waals surface area (Å²) in [5, 5.41) is 20.7. The molecule has 114 valence electrons. The maximum absolute atomic E-state index is 14.1. The summed E-state index contributed by atoms with van der Waals surface area (Å²) >= 11 is 0. The van der Waals surface area contributed by atoms with E-state index < -0.39 is 18.2 Å². The van der Waals surface area contributed by atoms with Gasteiger partial charge in [-0.15, -0.1) is 0 Å². The molecule has 2 heterocycles. The Labute approximate surface area is 125 Å². The smallest absolute Gasteiger partial charge is 0.348 e. The highest BCUT2D eigenvalue weighted by Gasteiger charge is 2.41. The fraction of sp³-hybridized carbons (Fsp3) is 0.286. The third-order valence-corrected chi connectivity index (χ3v) is 3.01. The minimum Gasteiger partial charge on any atom is -0.348 e. The molecule has 0 aromatic carbocycles. The first-order valence-electron chi connectivity index (χ1n) is 6.56. The van der Waals surface area contributed by atoms with Crippen LogP contribution >= 0.6 is 0 Å². The number of halogens is 2. The first-order chi connectivity index (χ1) is 10.5. The molecule has 0 saturated heterocycles. The average molecular weight is 306 g/mol. The summed E-state index contributed by atoms with van der Waals surface area (Å²) in [4.78, 5) is 7.86. The zero-order valence-corrected chi connectivity index (χ0v) is 11.8. The fourth-order valence-corrected chi connectivity index (χ4v) is 1.87. The molecule has 0 fully saturated rings. The lowest BCUT2D eigenvalue weighted by Crippen LogP contribution is -2.43. The third-order valence-electron chi connectivity index (χ3n) is 3.01. The highest BCUT2D eigenvalue weighted by Crippen LogP contribution is 2.25. The molecule has 8 heteroatoms. The van der Waals surface area contributed by atoms with Gasteiger partial charge in [0.1, 0.15) is 6.07 Å². The van der Waals surface area contributed by atoms with Crippen molar-refractivity contribution < 1.29 is 18.7 Å². The van der Waals surface area contributed by atoms with Crippen LogP contribution in [0.3, 0.4) is 0 Å². The van der Waals surface area contributed by atoms with Crippen molar-refractivity contribution in [1.82, 2.24) is 9.97 Å². The predicted molar refractivity (Wildman–Crippen MR) is 72.3 cm³/mol. The van der Waals surface area contributed by atoms with E-state index in [4.69, 9.17) is 5.26 Å². The van der Waals surface area contributed by atoms with Gasteiger partial charge >= 0.3 is 11.6 Å². The van der Waals surface area contributed by atoms with Crippen LogP contribution in [0.2, 0.25) is 0 Å². The van der Waals surface area contributed by atoms with Crippen molar-refractivity contribution >= 4 is 5.95 Å². The number of rotatable bonds is 5. The van der Waals surface area contributed by atoms with Crippen LogP contribution < -0.4 is 10.0 Å². The molecule has 2 aromatic rings. The molecule has 2 aromatic heterocycles. The minimum atomic E-state index is -3.32. The van der Waals surface area contributed by atoms with Gasteiger partial charge < -0.3 is 5.32 Å². The first-order valence-corrected chi connectivity index (χ1v) is 6.56. The van der Waals surface area contributed by atoms with Crippen LogP contribution in [-0.4, -0.2) is 21.7 Å². The van der Waals surface area contributed by atoms with Crippen molar-refractivity contribution in [2.75, 3.05) is 11.9 Å². The van der Waals surface area contributed by atoms with Crippen LogP contribution in [0.1, 0.15) is 23.9 Å². The summed E-state index contributed by atoms with van der Waals surface area (Å²) in [5.74, 6) is -3.31. The maximum atomic E-state index is 14.1. The van der Waals surface area contributed by atoms with E-state index in [0.717, 1.165) is 12.3 Å². The topological polar surface area (TPSA) is 85.7 Å². The van der Waals surface area contributed by atoms with E-state index >= 15 is 0 Å². The number of hydrogen-bond donors (Lipinski definition) is 2. The molecule has 0 unspecified atom stereocenters. The Bertz CT molecular complexity index is 715. The molecule has 2 N–H and O–H groups in total. The summed E-state index contributed by atoms with van der Waals surface area (Å²) in [6.07, 6.45) is 2.91. The Hall–Kier alpha value is -2.82. The van der Waals surface area contributed by atoms with Crippen molar-refractivity contribution in [2.45, 2.75) is 19.3 Å². The SMILES string of the molecule is CCc1nc(NCC(F)(F)c2cccc[n+]2O)ncc1C#N. The average Bonchev–Trinajstić information content (AvgIpc) is 2.53. The van der Waals surface area contributed by atoms with E-state index in [9.17, 15) is 14.0 Å². The molecular formula is C14H14F2N5O+. The molecule has 0 bridgehead atoms. The van der Waals surface area contributed by atoms with Gasteiger partial charge in [-0.05, 0) is 12.5 Å². The number of alkyl halides is 2. The number of aryl methyl sites for hydroxylation is 1. The van der Waals surface area contributed by atoms with Gasteiger partial charge in [0.25, 0.3) is 0 Å². The van der Waals surface area contributed by atoms with Crippen molar-refractivity contribution in [3.8, 4) is 6.07 Å². The third kappa shape index (κ3) is 3.25. The molecule has 0 radical (unpaired) electrons. The predicted octanol–water partition coefficient (Wildman–Crippen LogP) is 1.64. The zero-order chi connectivity index (χ0) is 16.2. The van der Waals surface area contributed by atoms with Gasteiger partial charge in [0.15, 0.2) is 0 Å². The number of nitriles is 1. The Morgan fingerprint density at radius 1 is 1.45 bits per heavy atom. The molecule has 22 heavy (non-hydrogen) atoms. The normalized spacial score (nSPS) is 11.0.